The van der Waals surface area contributed by atoms with Gasteiger partial charge in [-0.15, -0.1) is 10.2 Å². The Hall–Kier alpha value is -5.32. The van der Waals surface area contributed by atoms with Gasteiger partial charge in [0.25, 0.3) is 0 Å². The first-order chi connectivity index (χ1) is 19.2. The number of halogens is 1. The van der Waals surface area contributed by atoms with Crippen LogP contribution in [-0.2, 0) is 0 Å². The molecule has 5 heterocycles. The van der Waals surface area contributed by atoms with Gasteiger partial charge in [0.15, 0.2) is 11.6 Å². The number of anilines is 2. The monoisotopic (exact) mass is 516 g/mol. The Morgan fingerprint density at radius 1 is 0.897 bits per heavy atom. The third-order valence-corrected chi connectivity index (χ3v) is 6.77. The van der Waals surface area contributed by atoms with Gasteiger partial charge < -0.3 is 4.90 Å². The lowest BCUT2D eigenvalue weighted by atomic mass is 10.0. The van der Waals surface area contributed by atoms with Crippen LogP contribution in [0.2, 0.25) is 0 Å². The van der Waals surface area contributed by atoms with Gasteiger partial charge in [-0.2, -0.15) is 4.98 Å². The van der Waals surface area contributed by atoms with Crippen LogP contribution in [0.3, 0.4) is 0 Å². The zero-order chi connectivity index (χ0) is 26.3. The predicted molar refractivity (Wildman–Crippen MR) is 142 cm³/mol. The minimum atomic E-state index is -0.308. The van der Waals surface area contributed by atoms with E-state index in [-0.39, 0.29) is 11.9 Å². The van der Waals surface area contributed by atoms with Gasteiger partial charge in [0.2, 0.25) is 5.95 Å². The van der Waals surface area contributed by atoms with Crippen molar-refractivity contribution in [1.29, 1.82) is 0 Å². The largest absolute Gasteiger partial charge is 0.314 e. The van der Waals surface area contributed by atoms with Crippen molar-refractivity contribution >= 4 is 11.5 Å². The number of aromatic nitrogens is 9. The minimum Gasteiger partial charge on any atom is -0.314 e. The normalized spacial score (nSPS) is 14.2. The molecular formula is C28H21FN10. The number of nitrogens with zero attached hydrogens (tertiary/aromatic N) is 10. The van der Waals surface area contributed by atoms with E-state index in [4.69, 9.17) is 4.98 Å². The van der Waals surface area contributed by atoms with E-state index in [1.54, 1.807) is 54.0 Å². The molecule has 4 aromatic heterocycles. The smallest absolute Gasteiger partial charge is 0.237 e. The molecule has 10 nitrogen and oxygen atoms in total. The molecule has 190 valence electrons. The summed E-state index contributed by atoms with van der Waals surface area (Å²) < 4.78 is 17.3. The van der Waals surface area contributed by atoms with E-state index in [0.29, 0.717) is 17.6 Å². The van der Waals surface area contributed by atoms with Crippen LogP contribution >= 0.6 is 0 Å². The molecule has 0 fully saturated rings. The van der Waals surface area contributed by atoms with Gasteiger partial charge in [-0.05, 0) is 48.4 Å². The molecule has 0 spiro atoms. The molecule has 1 atom stereocenters. The van der Waals surface area contributed by atoms with E-state index >= 15 is 0 Å². The molecule has 0 radical (unpaired) electrons. The molecule has 1 unspecified atom stereocenters. The van der Waals surface area contributed by atoms with Crippen LogP contribution in [0.4, 0.5) is 15.9 Å². The fourth-order valence-corrected chi connectivity index (χ4v) is 4.97. The first kappa shape index (κ1) is 22.8. The molecule has 0 aliphatic carbocycles. The number of hydrogen-bond acceptors (Lipinski definition) is 8. The van der Waals surface area contributed by atoms with Gasteiger partial charge in [-0.3, -0.25) is 9.13 Å². The van der Waals surface area contributed by atoms with Gasteiger partial charge in [-0.25, -0.2) is 24.3 Å². The summed E-state index contributed by atoms with van der Waals surface area (Å²) in [4.78, 5) is 24.8. The highest BCUT2D eigenvalue weighted by Gasteiger charge is 2.35. The standard InChI is InChI=1S/C28H21FN10/c1-2-23-27-36-34-17-38(27)24-15-33-28(37-11-10-32-25(37)18-6-8-21(29)9-7-18)35-26(24)39(23)22-5-3-4-19(12-22)20-13-30-16-31-14-20/h3-17,23H,2H2,1H3. The van der Waals surface area contributed by atoms with E-state index in [2.05, 4.69) is 54.1 Å². The topological polar surface area (TPSA) is 103 Å². The van der Waals surface area contributed by atoms with Crippen LogP contribution in [0.1, 0.15) is 25.2 Å². The minimum absolute atomic E-state index is 0.121. The van der Waals surface area contributed by atoms with Crippen LogP contribution in [0.5, 0.6) is 0 Å². The molecule has 2 aromatic carbocycles. The highest BCUT2D eigenvalue weighted by molar-refractivity contribution is 5.76. The first-order valence-electron chi connectivity index (χ1n) is 12.4. The second-order valence-corrected chi connectivity index (χ2v) is 9.04. The molecule has 0 saturated carbocycles. The number of fused-ring (bicyclic) bond motifs is 3. The van der Waals surface area contributed by atoms with Crippen LogP contribution in [-0.4, -0.2) is 44.3 Å². The molecule has 0 saturated heterocycles. The Morgan fingerprint density at radius 3 is 2.56 bits per heavy atom. The zero-order valence-corrected chi connectivity index (χ0v) is 20.8. The summed E-state index contributed by atoms with van der Waals surface area (Å²) in [6.07, 6.45) is 12.8. The van der Waals surface area contributed by atoms with E-state index in [0.717, 1.165) is 40.3 Å². The van der Waals surface area contributed by atoms with Gasteiger partial charge in [0.1, 0.15) is 30.0 Å². The maximum absolute atomic E-state index is 13.6. The van der Waals surface area contributed by atoms with Crippen molar-refractivity contribution < 1.29 is 4.39 Å². The summed E-state index contributed by atoms with van der Waals surface area (Å²) in [7, 11) is 0. The Morgan fingerprint density at radius 2 is 1.74 bits per heavy atom. The van der Waals surface area contributed by atoms with Crippen LogP contribution in [0.25, 0.3) is 34.2 Å². The number of benzene rings is 2. The van der Waals surface area contributed by atoms with Crippen molar-refractivity contribution in [3.8, 4) is 34.2 Å². The summed E-state index contributed by atoms with van der Waals surface area (Å²) in [6, 6.07) is 14.3. The SMILES string of the molecule is CCC1c2nncn2-c2cnc(-n3ccnc3-c3ccc(F)cc3)nc2N1c1cccc(-c2cncnc2)c1. The molecule has 1 aliphatic rings. The number of imidazole rings is 1. The summed E-state index contributed by atoms with van der Waals surface area (Å²) in [5, 5.41) is 8.64. The molecule has 6 aromatic rings. The lowest BCUT2D eigenvalue weighted by molar-refractivity contribution is 0.588. The lowest BCUT2D eigenvalue weighted by Gasteiger charge is -2.37. The fourth-order valence-electron chi connectivity index (χ4n) is 4.97. The maximum atomic E-state index is 13.6. The zero-order valence-electron chi connectivity index (χ0n) is 20.8. The second-order valence-electron chi connectivity index (χ2n) is 9.04. The van der Waals surface area contributed by atoms with Crippen molar-refractivity contribution in [2.45, 2.75) is 19.4 Å². The number of rotatable bonds is 5. The predicted octanol–water partition coefficient (Wildman–Crippen LogP) is 5.11. The van der Waals surface area contributed by atoms with Gasteiger partial charge in [-0.1, -0.05) is 19.1 Å². The van der Waals surface area contributed by atoms with Crippen molar-refractivity contribution in [2.75, 3.05) is 4.90 Å². The molecule has 11 heteroatoms. The molecule has 0 amide bonds. The summed E-state index contributed by atoms with van der Waals surface area (Å²) in [6.45, 7) is 2.11. The summed E-state index contributed by atoms with van der Waals surface area (Å²) in [5.74, 6) is 2.26. The Kier molecular flexibility index (Phi) is 5.39. The van der Waals surface area contributed by atoms with E-state index in [9.17, 15) is 4.39 Å². The van der Waals surface area contributed by atoms with Gasteiger partial charge in [0, 0.05) is 41.6 Å². The highest BCUT2D eigenvalue weighted by atomic mass is 19.1. The van der Waals surface area contributed by atoms with Crippen molar-refractivity contribution in [2.24, 2.45) is 0 Å². The summed E-state index contributed by atoms with van der Waals surface area (Å²) >= 11 is 0. The quantitative estimate of drug-likeness (QED) is 0.311. The Balaban J connectivity index is 1.40. The highest BCUT2D eigenvalue weighted by Crippen LogP contribution is 2.43. The molecular weight excluding hydrogens is 495 g/mol. The molecule has 7 rings (SSSR count). The van der Waals surface area contributed by atoms with Crippen LogP contribution in [0, 0.1) is 5.82 Å². The average Bonchev–Trinajstić information content (AvgIpc) is 3.68. The first-order valence-corrected chi connectivity index (χ1v) is 12.4. The molecule has 39 heavy (non-hydrogen) atoms. The fraction of sp³-hybridized carbons (Fsp3) is 0.107. The van der Waals surface area contributed by atoms with E-state index < -0.39 is 0 Å². The van der Waals surface area contributed by atoms with Crippen molar-refractivity contribution in [3.63, 3.8) is 0 Å². The van der Waals surface area contributed by atoms with Crippen LogP contribution in [0.15, 0.2) is 92.2 Å². The molecule has 0 bridgehead atoms. The van der Waals surface area contributed by atoms with Crippen LogP contribution < -0.4 is 4.90 Å². The molecule has 0 N–H and O–H groups in total. The van der Waals surface area contributed by atoms with E-state index in [1.165, 1.54) is 18.5 Å². The van der Waals surface area contributed by atoms with E-state index in [1.807, 2.05) is 16.7 Å². The van der Waals surface area contributed by atoms with Gasteiger partial charge in [0.05, 0.1) is 12.2 Å². The van der Waals surface area contributed by atoms with Crippen molar-refractivity contribution in [1.82, 2.24) is 44.3 Å². The summed E-state index contributed by atoms with van der Waals surface area (Å²) in [5.41, 5.74) is 4.36. The third-order valence-electron chi connectivity index (χ3n) is 6.77. The number of hydrogen-bond donors (Lipinski definition) is 0. The van der Waals surface area contributed by atoms with Crippen molar-refractivity contribution in [3.05, 3.63) is 104 Å². The third kappa shape index (κ3) is 3.82. The lowest BCUT2D eigenvalue weighted by Crippen LogP contribution is -2.32. The Bertz CT molecular complexity index is 1780. The molecule has 1 aliphatic heterocycles. The Labute approximate surface area is 222 Å². The average molecular weight is 517 g/mol. The second kappa shape index (κ2) is 9.21. The maximum Gasteiger partial charge on any atom is 0.237 e. The van der Waals surface area contributed by atoms with Gasteiger partial charge >= 0.3 is 0 Å².